The Bertz CT molecular complexity index is 533. The Balaban J connectivity index is 1.63. The van der Waals surface area contributed by atoms with Gasteiger partial charge in [-0.05, 0) is 36.7 Å². The quantitative estimate of drug-likeness (QED) is 0.842. The predicted octanol–water partition coefficient (Wildman–Crippen LogP) is 2.93. The number of benzene rings is 1. The second-order valence-electron chi connectivity index (χ2n) is 6.53. The summed E-state index contributed by atoms with van der Waals surface area (Å²) in [5, 5.41) is 8.80. The number of aliphatic carboxylic acids is 1. The van der Waals surface area contributed by atoms with E-state index in [1.165, 1.54) is 19.3 Å². The van der Waals surface area contributed by atoms with Crippen molar-refractivity contribution < 1.29 is 14.7 Å². The minimum absolute atomic E-state index is 0.121. The van der Waals surface area contributed by atoms with Crippen LogP contribution in [0.2, 0.25) is 0 Å². The first-order valence-corrected chi connectivity index (χ1v) is 8.21. The van der Waals surface area contributed by atoms with Gasteiger partial charge in [0.15, 0.2) is 0 Å². The molecule has 3 rings (SSSR count). The second-order valence-corrected chi connectivity index (χ2v) is 6.53. The molecule has 1 aromatic rings. The SMILES string of the molecule is O=C(O)CCCN(Cc1ccccc1)C(=O)C1C2CCCC21. The number of fused-ring (bicyclic) bond motifs is 1. The van der Waals surface area contributed by atoms with Gasteiger partial charge in [0.1, 0.15) is 0 Å². The number of carbonyl (C=O) groups is 2. The molecule has 2 atom stereocenters. The van der Waals surface area contributed by atoms with E-state index >= 15 is 0 Å². The largest absolute Gasteiger partial charge is 0.481 e. The van der Waals surface area contributed by atoms with Gasteiger partial charge in [-0.1, -0.05) is 36.8 Å². The van der Waals surface area contributed by atoms with Crippen molar-refractivity contribution in [1.82, 2.24) is 4.90 Å². The fraction of sp³-hybridized carbons (Fsp3) is 0.556. The van der Waals surface area contributed by atoms with E-state index in [2.05, 4.69) is 0 Å². The third-order valence-corrected chi connectivity index (χ3v) is 5.04. The average Bonchev–Trinajstić information content (AvgIpc) is 2.98. The summed E-state index contributed by atoms with van der Waals surface area (Å²) in [6, 6.07) is 9.95. The van der Waals surface area contributed by atoms with Crippen LogP contribution in [-0.2, 0) is 16.1 Å². The van der Waals surface area contributed by atoms with Crippen molar-refractivity contribution in [2.45, 2.75) is 38.6 Å². The molecule has 0 heterocycles. The molecule has 1 amide bonds. The summed E-state index contributed by atoms with van der Waals surface area (Å²) in [5.41, 5.74) is 1.11. The fourth-order valence-corrected chi connectivity index (χ4v) is 3.89. The monoisotopic (exact) mass is 301 g/mol. The Morgan fingerprint density at radius 2 is 1.82 bits per heavy atom. The standard InChI is InChI=1S/C18H23NO3/c20-16(21)10-5-11-19(12-13-6-2-1-3-7-13)18(22)17-14-8-4-9-15(14)17/h1-3,6-7,14-15,17H,4-5,8-12H2,(H,20,21). The van der Waals surface area contributed by atoms with Gasteiger partial charge >= 0.3 is 5.97 Å². The maximum atomic E-state index is 12.8. The van der Waals surface area contributed by atoms with Crippen LogP contribution in [-0.4, -0.2) is 28.4 Å². The van der Waals surface area contributed by atoms with Crippen molar-refractivity contribution in [3.8, 4) is 0 Å². The summed E-state index contributed by atoms with van der Waals surface area (Å²) in [5.74, 6) is 0.858. The Morgan fingerprint density at radius 1 is 1.14 bits per heavy atom. The zero-order chi connectivity index (χ0) is 15.5. The van der Waals surface area contributed by atoms with Gasteiger partial charge in [-0.3, -0.25) is 9.59 Å². The molecule has 2 aliphatic carbocycles. The minimum Gasteiger partial charge on any atom is -0.481 e. The van der Waals surface area contributed by atoms with Crippen LogP contribution in [0.4, 0.5) is 0 Å². The molecule has 4 heteroatoms. The molecule has 0 aliphatic heterocycles. The van der Waals surface area contributed by atoms with Gasteiger partial charge < -0.3 is 10.0 Å². The van der Waals surface area contributed by atoms with Crippen LogP contribution in [0.15, 0.2) is 30.3 Å². The van der Waals surface area contributed by atoms with Crippen LogP contribution in [0.1, 0.15) is 37.7 Å². The lowest BCUT2D eigenvalue weighted by molar-refractivity contribution is -0.138. The summed E-state index contributed by atoms with van der Waals surface area (Å²) in [4.78, 5) is 25.4. The van der Waals surface area contributed by atoms with E-state index in [-0.39, 0.29) is 18.2 Å². The van der Waals surface area contributed by atoms with E-state index < -0.39 is 5.97 Å². The van der Waals surface area contributed by atoms with E-state index in [1.54, 1.807) is 0 Å². The van der Waals surface area contributed by atoms with Gasteiger partial charge in [-0.15, -0.1) is 0 Å². The van der Waals surface area contributed by atoms with Crippen LogP contribution in [0, 0.1) is 17.8 Å². The second kappa shape index (κ2) is 6.51. The van der Waals surface area contributed by atoms with Gasteiger partial charge in [-0.25, -0.2) is 0 Å². The van der Waals surface area contributed by atoms with Crippen LogP contribution in [0.3, 0.4) is 0 Å². The van der Waals surface area contributed by atoms with E-state index in [0.717, 1.165) is 5.56 Å². The van der Waals surface area contributed by atoms with Gasteiger partial charge in [0, 0.05) is 25.4 Å². The first kappa shape index (κ1) is 15.1. The zero-order valence-corrected chi connectivity index (χ0v) is 12.8. The molecular weight excluding hydrogens is 278 g/mol. The summed E-state index contributed by atoms with van der Waals surface area (Å²) < 4.78 is 0. The lowest BCUT2D eigenvalue weighted by Crippen LogP contribution is -2.34. The van der Waals surface area contributed by atoms with Gasteiger partial charge in [0.2, 0.25) is 5.91 Å². The minimum atomic E-state index is -0.796. The molecule has 0 aromatic heterocycles. The van der Waals surface area contributed by atoms with E-state index in [4.69, 9.17) is 5.11 Å². The van der Waals surface area contributed by atoms with Crippen LogP contribution < -0.4 is 0 Å². The number of carboxylic acid groups (broad SMARTS) is 1. The first-order chi connectivity index (χ1) is 10.7. The lowest BCUT2D eigenvalue weighted by atomic mass is 10.1. The summed E-state index contributed by atoms with van der Waals surface area (Å²) in [6.45, 7) is 1.13. The normalized spacial score (nSPS) is 25.5. The molecule has 4 nitrogen and oxygen atoms in total. The summed E-state index contributed by atoms with van der Waals surface area (Å²) >= 11 is 0. The molecule has 2 fully saturated rings. The van der Waals surface area contributed by atoms with Crippen LogP contribution in [0.5, 0.6) is 0 Å². The Kier molecular flexibility index (Phi) is 4.46. The molecule has 0 spiro atoms. The van der Waals surface area contributed by atoms with Crippen molar-refractivity contribution >= 4 is 11.9 Å². The maximum absolute atomic E-state index is 12.8. The molecule has 2 aliphatic rings. The molecule has 0 radical (unpaired) electrons. The number of amides is 1. The van der Waals surface area contributed by atoms with Gasteiger partial charge in [-0.2, -0.15) is 0 Å². The topological polar surface area (TPSA) is 57.6 Å². The fourth-order valence-electron chi connectivity index (χ4n) is 3.89. The van der Waals surface area contributed by atoms with Gasteiger partial charge in [0.25, 0.3) is 0 Å². The van der Waals surface area contributed by atoms with Gasteiger partial charge in [0.05, 0.1) is 0 Å². The Morgan fingerprint density at radius 3 is 2.45 bits per heavy atom. The number of hydrogen-bond acceptors (Lipinski definition) is 2. The average molecular weight is 301 g/mol. The molecule has 118 valence electrons. The highest BCUT2D eigenvalue weighted by molar-refractivity contribution is 5.82. The molecule has 0 bridgehead atoms. The molecule has 1 N–H and O–H groups in total. The van der Waals surface area contributed by atoms with Crippen LogP contribution in [0.25, 0.3) is 0 Å². The van der Waals surface area contributed by atoms with Crippen molar-refractivity contribution in [2.75, 3.05) is 6.54 Å². The zero-order valence-electron chi connectivity index (χ0n) is 12.8. The molecule has 0 saturated heterocycles. The Hall–Kier alpha value is -1.84. The number of hydrogen-bond donors (Lipinski definition) is 1. The number of rotatable bonds is 7. The summed E-state index contributed by atoms with van der Waals surface area (Å²) in [6.07, 6.45) is 4.29. The number of carbonyl (C=O) groups excluding carboxylic acids is 1. The van der Waals surface area contributed by atoms with Crippen molar-refractivity contribution in [1.29, 1.82) is 0 Å². The highest BCUT2D eigenvalue weighted by Crippen LogP contribution is 2.58. The highest BCUT2D eigenvalue weighted by Gasteiger charge is 2.57. The summed E-state index contributed by atoms with van der Waals surface area (Å²) in [7, 11) is 0. The van der Waals surface area contributed by atoms with Crippen molar-refractivity contribution in [3.63, 3.8) is 0 Å². The molecule has 2 unspecified atom stereocenters. The van der Waals surface area contributed by atoms with Crippen molar-refractivity contribution in [3.05, 3.63) is 35.9 Å². The van der Waals surface area contributed by atoms with Crippen LogP contribution >= 0.6 is 0 Å². The number of nitrogens with zero attached hydrogens (tertiary/aromatic N) is 1. The smallest absolute Gasteiger partial charge is 0.303 e. The third-order valence-electron chi connectivity index (χ3n) is 5.04. The Labute approximate surface area is 131 Å². The van der Waals surface area contributed by atoms with E-state index in [1.807, 2.05) is 35.2 Å². The molecule has 1 aromatic carbocycles. The van der Waals surface area contributed by atoms with Crippen molar-refractivity contribution in [2.24, 2.45) is 17.8 Å². The van der Waals surface area contributed by atoms with E-state index in [9.17, 15) is 9.59 Å². The lowest BCUT2D eigenvalue weighted by Gasteiger charge is -2.23. The predicted molar refractivity (Wildman–Crippen MR) is 83.0 cm³/mol. The highest BCUT2D eigenvalue weighted by atomic mass is 16.4. The molecule has 22 heavy (non-hydrogen) atoms. The van der Waals surface area contributed by atoms with E-state index in [0.29, 0.717) is 31.3 Å². The molecule has 2 saturated carbocycles. The third kappa shape index (κ3) is 3.32. The molecular formula is C18H23NO3. The first-order valence-electron chi connectivity index (χ1n) is 8.21. The maximum Gasteiger partial charge on any atom is 0.303 e. The number of carboxylic acids is 1.